The number of anilines is 1. The van der Waals surface area contributed by atoms with Crippen LogP contribution < -0.4 is 10.7 Å². The Labute approximate surface area is 207 Å². The highest BCUT2D eigenvalue weighted by molar-refractivity contribution is 6.30. The lowest BCUT2D eigenvalue weighted by Crippen LogP contribution is -2.21. The Morgan fingerprint density at radius 1 is 0.714 bits per heavy atom. The third-order valence-electron chi connectivity index (χ3n) is 5.70. The molecule has 0 aliphatic heterocycles. The van der Waals surface area contributed by atoms with E-state index < -0.39 is 5.91 Å². The molecule has 170 valence electrons. The van der Waals surface area contributed by atoms with E-state index in [-0.39, 0.29) is 5.91 Å². The molecule has 0 radical (unpaired) electrons. The van der Waals surface area contributed by atoms with Crippen LogP contribution in [-0.4, -0.2) is 18.0 Å². The molecule has 35 heavy (non-hydrogen) atoms. The number of halogens is 1. The monoisotopic (exact) mass is 477 g/mol. The first kappa shape index (κ1) is 22.3. The molecule has 2 N–H and O–H groups in total. The first-order valence-electron chi connectivity index (χ1n) is 11.0. The molecule has 0 spiro atoms. The van der Waals surface area contributed by atoms with Gasteiger partial charge in [-0.3, -0.25) is 9.59 Å². The van der Waals surface area contributed by atoms with E-state index in [1.807, 2.05) is 36.4 Å². The van der Waals surface area contributed by atoms with E-state index in [0.29, 0.717) is 21.8 Å². The van der Waals surface area contributed by atoms with Crippen LogP contribution in [0, 0.1) is 0 Å². The summed E-state index contributed by atoms with van der Waals surface area (Å²) in [6.45, 7) is 0. The van der Waals surface area contributed by atoms with E-state index in [0.717, 1.165) is 27.1 Å². The lowest BCUT2D eigenvalue weighted by Gasteiger charge is -2.10. The second-order valence-corrected chi connectivity index (χ2v) is 8.37. The number of fused-ring (bicyclic) bond motifs is 2. The van der Waals surface area contributed by atoms with Crippen LogP contribution >= 0.6 is 11.6 Å². The summed E-state index contributed by atoms with van der Waals surface area (Å²) in [5.74, 6) is -0.773. The number of carbonyl (C=O) groups is 2. The van der Waals surface area contributed by atoms with Crippen LogP contribution in [0.15, 0.2) is 108 Å². The van der Waals surface area contributed by atoms with Gasteiger partial charge in [-0.05, 0) is 64.0 Å². The highest BCUT2D eigenvalue weighted by Gasteiger charge is 2.14. The number of hydrazone groups is 1. The van der Waals surface area contributed by atoms with Gasteiger partial charge in [0, 0.05) is 16.1 Å². The summed E-state index contributed by atoms with van der Waals surface area (Å²) < 4.78 is 0. The van der Waals surface area contributed by atoms with Crippen LogP contribution in [0.5, 0.6) is 0 Å². The third kappa shape index (κ3) is 4.76. The maximum Gasteiger partial charge on any atom is 0.273 e. The van der Waals surface area contributed by atoms with Crippen molar-refractivity contribution in [3.8, 4) is 0 Å². The zero-order chi connectivity index (χ0) is 24.2. The predicted octanol–water partition coefficient (Wildman–Crippen LogP) is 6.66. The quantitative estimate of drug-likeness (QED) is 0.169. The second-order valence-electron chi connectivity index (χ2n) is 7.94. The average molecular weight is 478 g/mol. The van der Waals surface area contributed by atoms with Gasteiger partial charge in [0.15, 0.2) is 0 Å². The van der Waals surface area contributed by atoms with E-state index >= 15 is 0 Å². The van der Waals surface area contributed by atoms with Crippen molar-refractivity contribution in [2.24, 2.45) is 5.10 Å². The molecule has 0 atom stereocenters. The topological polar surface area (TPSA) is 70.6 Å². The predicted molar refractivity (Wildman–Crippen MR) is 142 cm³/mol. The normalized spacial score (nSPS) is 11.1. The molecule has 0 heterocycles. The standard InChI is InChI=1S/C29H20ClN3O2/c30-22-15-13-19(14-16-22)28(34)32-27-12-6-5-11-25(27)29(35)33-31-18-26-23-9-3-1-7-20(23)17-21-8-2-4-10-24(21)26/h1-18H,(H,32,34)(H,33,35)/b31-18-. The summed E-state index contributed by atoms with van der Waals surface area (Å²) >= 11 is 5.90. The maximum absolute atomic E-state index is 13.0. The molecule has 0 unspecified atom stereocenters. The molecule has 0 aromatic heterocycles. The molecule has 6 heteroatoms. The molecular weight excluding hydrogens is 458 g/mol. The maximum atomic E-state index is 13.0. The summed E-state index contributed by atoms with van der Waals surface area (Å²) in [5, 5.41) is 11.9. The van der Waals surface area contributed by atoms with Gasteiger partial charge in [-0.2, -0.15) is 5.10 Å². The van der Waals surface area contributed by atoms with Gasteiger partial charge in [-0.15, -0.1) is 0 Å². The molecule has 0 fully saturated rings. The Balaban J connectivity index is 1.40. The Morgan fingerprint density at radius 2 is 1.31 bits per heavy atom. The smallest absolute Gasteiger partial charge is 0.273 e. The number of rotatable bonds is 5. The van der Waals surface area contributed by atoms with Crippen molar-refractivity contribution in [1.82, 2.24) is 5.43 Å². The third-order valence-corrected chi connectivity index (χ3v) is 5.95. The summed E-state index contributed by atoms with van der Waals surface area (Å²) in [7, 11) is 0. The first-order valence-corrected chi connectivity index (χ1v) is 11.4. The number of para-hydroxylation sites is 1. The minimum Gasteiger partial charge on any atom is -0.321 e. The number of nitrogens with one attached hydrogen (secondary N) is 2. The lowest BCUT2D eigenvalue weighted by atomic mass is 9.97. The Bertz CT molecular complexity index is 1540. The molecular formula is C29H20ClN3O2. The average Bonchev–Trinajstić information content (AvgIpc) is 2.89. The SMILES string of the molecule is O=C(Nc1ccccc1C(=O)N/N=C\c1c2ccccc2cc2ccccc12)c1ccc(Cl)cc1. The summed E-state index contributed by atoms with van der Waals surface area (Å²) in [6.07, 6.45) is 1.66. The van der Waals surface area contributed by atoms with Crippen LogP contribution in [0.1, 0.15) is 26.3 Å². The second kappa shape index (κ2) is 9.79. The minimum absolute atomic E-state index is 0.301. The summed E-state index contributed by atoms with van der Waals surface area (Å²) in [6, 6.07) is 31.6. The number of amides is 2. The van der Waals surface area contributed by atoms with Crippen LogP contribution in [-0.2, 0) is 0 Å². The Kier molecular flexibility index (Phi) is 6.24. The Morgan fingerprint density at radius 3 is 2.00 bits per heavy atom. The molecule has 5 aromatic carbocycles. The number of hydrogen-bond acceptors (Lipinski definition) is 3. The summed E-state index contributed by atoms with van der Waals surface area (Å²) in [5.41, 5.74) is 4.64. The minimum atomic E-state index is -0.433. The highest BCUT2D eigenvalue weighted by atomic mass is 35.5. The zero-order valence-corrected chi connectivity index (χ0v) is 19.3. The van der Waals surface area contributed by atoms with Crippen LogP contribution in [0.4, 0.5) is 5.69 Å². The van der Waals surface area contributed by atoms with Crippen LogP contribution in [0.3, 0.4) is 0 Å². The number of hydrogen-bond donors (Lipinski definition) is 2. The van der Waals surface area contributed by atoms with E-state index in [4.69, 9.17) is 11.6 Å². The molecule has 5 rings (SSSR count). The number of carbonyl (C=O) groups excluding carboxylic acids is 2. The van der Waals surface area contributed by atoms with Crippen LogP contribution in [0.2, 0.25) is 5.02 Å². The van der Waals surface area contributed by atoms with Crippen molar-refractivity contribution in [3.63, 3.8) is 0 Å². The first-order chi connectivity index (χ1) is 17.1. The number of nitrogens with zero attached hydrogens (tertiary/aromatic N) is 1. The molecule has 0 bridgehead atoms. The van der Waals surface area contributed by atoms with Crippen molar-refractivity contribution < 1.29 is 9.59 Å². The largest absolute Gasteiger partial charge is 0.321 e. The van der Waals surface area contributed by atoms with E-state index in [1.54, 1.807) is 54.7 Å². The molecule has 5 nitrogen and oxygen atoms in total. The van der Waals surface area contributed by atoms with Gasteiger partial charge < -0.3 is 5.32 Å². The van der Waals surface area contributed by atoms with Gasteiger partial charge in [0.2, 0.25) is 0 Å². The molecule has 0 saturated heterocycles. The van der Waals surface area contributed by atoms with Gasteiger partial charge in [0.25, 0.3) is 11.8 Å². The summed E-state index contributed by atoms with van der Waals surface area (Å²) in [4.78, 5) is 25.6. The van der Waals surface area contributed by atoms with Crippen molar-refractivity contribution in [3.05, 3.63) is 125 Å². The fraction of sp³-hybridized carbons (Fsp3) is 0. The van der Waals surface area contributed by atoms with Crippen LogP contribution in [0.25, 0.3) is 21.5 Å². The zero-order valence-electron chi connectivity index (χ0n) is 18.5. The fourth-order valence-corrected chi connectivity index (χ4v) is 4.12. The fourth-order valence-electron chi connectivity index (χ4n) is 3.99. The Hall–Kier alpha value is -4.48. The number of benzene rings is 5. The van der Waals surface area contributed by atoms with Crippen molar-refractivity contribution in [2.75, 3.05) is 5.32 Å². The molecule has 0 aliphatic carbocycles. The van der Waals surface area contributed by atoms with E-state index in [1.165, 1.54) is 0 Å². The van der Waals surface area contributed by atoms with Gasteiger partial charge in [-0.25, -0.2) is 5.43 Å². The molecule has 0 aliphatic rings. The van der Waals surface area contributed by atoms with Gasteiger partial charge in [0.05, 0.1) is 17.5 Å². The highest BCUT2D eigenvalue weighted by Crippen LogP contribution is 2.27. The molecule has 2 amide bonds. The molecule has 5 aromatic rings. The van der Waals surface area contributed by atoms with E-state index in [2.05, 4.69) is 34.0 Å². The van der Waals surface area contributed by atoms with Crippen molar-refractivity contribution in [1.29, 1.82) is 0 Å². The van der Waals surface area contributed by atoms with Gasteiger partial charge in [-0.1, -0.05) is 72.3 Å². The van der Waals surface area contributed by atoms with Gasteiger partial charge >= 0.3 is 0 Å². The lowest BCUT2D eigenvalue weighted by molar-refractivity contribution is 0.0956. The van der Waals surface area contributed by atoms with Crippen molar-refractivity contribution >= 4 is 56.9 Å². The van der Waals surface area contributed by atoms with Crippen molar-refractivity contribution in [2.45, 2.75) is 0 Å². The molecule has 0 saturated carbocycles. The van der Waals surface area contributed by atoms with E-state index in [9.17, 15) is 9.59 Å². The van der Waals surface area contributed by atoms with Gasteiger partial charge in [0.1, 0.15) is 0 Å².